The second kappa shape index (κ2) is 8.88. The van der Waals surface area contributed by atoms with Gasteiger partial charge in [0, 0.05) is 16.6 Å². The van der Waals surface area contributed by atoms with Gasteiger partial charge in [-0.05, 0) is 38.0 Å². The quantitative estimate of drug-likeness (QED) is 0.731. The maximum atomic E-state index is 12.3. The van der Waals surface area contributed by atoms with Gasteiger partial charge >= 0.3 is 0 Å². The zero-order valence-electron chi connectivity index (χ0n) is 14.9. The summed E-state index contributed by atoms with van der Waals surface area (Å²) < 4.78 is 0.812. The van der Waals surface area contributed by atoms with E-state index < -0.39 is 0 Å². The highest BCUT2D eigenvalue weighted by Gasteiger charge is 2.35. The summed E-state index contributed by atoms with van der Waals surface area (Å²) in [6, 6.07) is 5.33. The standard InChI is InChI=1S/C18H25Cl2N3O2/c1-3-23(4-2)10-9-22(18(25)13-23)12-17(24)21-8-7-14-5-6-15(19)11-16(14)20/h5-6,11H,3-4,7-10,12-13H2,1-2H3/p+1. The molecule has 138 valence electrons. The number of quaternary nitrogens is 1. The predicted molar refractivity (Wildman–Crippen MR) is 101 cm³/mol. The SMILES string of the molecule is CC[N+]1(CC)CCN(CC(=O)NCCc2ccc(Cl)cc2Cl)C(=O)C1. The van der Waals surface area contributed by atoms with Gasteiger partial charge in [-0.3, -0.25) is 9.59 Å². The topological polar surface area (TPSA) is 49.4 Å². The Balaban J connectivity index is 1.78. The number of hydrogen-bond acceptors (Lipinski definition) is 2. The van der Waals surface area contributed by atoms with Crippen LogP contribution in [0.3, 0.4) is 0 Å². The number of likely N-dealkylation sites (N-methyl/N-ethyl adjacent to an activating group) is 1. The average Bonchev–Trinajstić information content (AvgIpc) is 2.59. The van der Waals surface area contributed by atoms with E-state index in [4.69, 9.17) is 23.2 Å². The van der Waals surface area contributed by atoms with Gasteiger partial charge in [0.15, 0.2) is 6.54 Å². The molecular formula is C18H26Cl2N3O2+. The molecule has 0 bridgehead atoms. The van der Waals surface area contributed by atoms with Crippen LogP contribution in [-0.2, 0) is 16.0 Å². The Labute approximate surface area is 159 Å². The third kappa shape index (κ3) is 5.33. The summed E-state index contributed by atoms with van der Waals surface area (Å²) in [5.41, 5.74) is 0.938. The number of rotatable bonds is 7. The van der Waals surface area contributed by atoms with Gasteiger partial charge in [0.1, 0.15) is 0 Å². The second-order valence-corrected chi connectivity index (χ2v) is 7.35. The number of nitrogens with zero attached hydrogens (tertiary/aromatic N) is 2. The van der Waals surface area contributed by atoms with Crippen LogP contribution in [0.5, 0.6) is 0 Å². The first-order chi connectivity index (χ1) is 11.9. The van der Waals surface area contributed by atoms with Gasteiger partial charge in [0.2, 0.25) is 5.91 Å². The Morgan fingerprint density at radius 3 is 2.60 bits per heavy atom. The van der Waals surface area contributed by atoms with Crippen LogP contribution >= 0.6 is 23.2 Å². The summed E-state index contributed by atoms with van der Waals surface area (Å²) in [6.45, 7) is 8.76. The van der Waals surface area contributed by atoms with Crippen LogP contribution in [0.15, 0.2) is 18.2 Å². The predicted octanol–water partition coefficient (Wildman–Crippen LogP) is 2.35. The third-order valence-electron chi connectivity index (χ3n) is 5.08. The number of carbonyl (C=O) groups excluding carboxylic acids is 2. The van der Waals surface area contributed by atoms with Crippen molar-refractivity contribution in [1.82, 2.24) is 10.2 Å². The van der Waals surface area contributed by atoms with Gasteiger partial charge in [-0.25, -0.2) is 0 Å². The molecule has 1 fully saturated rings. The van der Waals surface area contributed by atoms with Crippen molar-refractivity contribution in [2.75, 3.05) is 45.8 Å². The van der Waals surface area contributed by atoms with E-state index in [9.17, 15) is 9.59 Å². The molecule has 0 spiro atoms. The van der Waals surface area contributed by atoms with Crippen LogP contribution in [-0.4, -0.2) is 67.0 Å². The lowest BCUT2D eigenvalue weighted by molar-refractivity contribution is -0.920. The van der Waals surface area contributed by atoms with E-state index >= 15 is 0 Å². The number of amides is 2. The third-order valence-corrected chi connectivity index (χ3v) is 5.66. The number of benzene rings is 1. The van der Waals surface area contributed by atoms with Gasteiger partial charge in [-0.1, -0.05) is 29.3 Å². The van der Waals surface area contributed by atoms with E-state index in [0.717, 1.165) is 29.7 Å². The average molecular weight is 387 g/mol. The molecule has 1 aromatic rings. The van der Waals surface area contributed by atoms with E-state index in [1.807, 2.05) is 6.07 Å². The van der Waals surface area contributed by atoms with Gasteiger partial charge in [-0.2, -0.15) is 0 Å². The maximum absolute atomic E-state index is 12.3. The lowest BCUT2D eigenvalue weighted by Crippen LogP contribution is -2.62. The van der Waals surface area contributed by atoms with Gasteiger partial charge in [-0.15, -0.1) is 0 Å². The molecule has 1 aromatic carbocycles. The van der Waals surface area contributed by atoms with Crippen molar-refractivity contribution in [2.45, 2.75) is 20.3 Å². The first-order valence-electron chi connectivity index (χ1n) is 8.72. The van der Waals surface area contributed by atoms with Crippen LogP contribution in [0.4, 0.5) is 0 Å². The molecule has 1 N–H and O–H groups in total. The molecule has 0 aromatic heterocycles. The van der Waals surface area contributed by atoms with Crippen LogP contribution in [0.2, 0.25) is 10.0 Å². The zero-order valence-corrected chi connectivity index (χ0v) is 16.4. The number of halogens is 2. The minimum absolute atomic E-state index is 0.0610. The van der Waals surface area contributed by atoms with Crippen molar-refractivity contribution >= 4 is 35.0 Å². The molecule has 0 unspecified atom stereocenters. The monoisotopic (exact) mass is 386 g/mol. The molecule has 0 atom stereocenters. The smallest absolute Gasteiger partial charge is 0.278 e. The molecule has 1 aliphatic heterocycles. The Bertz CT molecular complexity index is 633. The molecule has 25 heavy (non-hydrogen) atoms. The molecule has 0 radical (unpaired) electrons. The maximum Gasteiger partial charge on any atom is 0.278 e. The molecule has 2 rings (SSSR count). The fourth-order valence-corrected chi connectivity index (χ4v) is 3.65. The van der Waals surface area contributed by atoms with E-state index in [1.165, 1.54) is 0 Å². The molecular weight excluding hydrogens is 361 g/mol. The van der Waals surface area contributed by atoms with Crippen LogP contribution in [0.1, 0.15) is 19.4 Å². The van der Waals surface area contributed by atoms with E-state index in [1.54, 1.807) is 17.0 Å². The van der Waals surface area contributed by atoms with E-state index in [0.29, 0.717) is 36.1 Å². The fraction of sp³-hybridized carbons (Fsp3) is 0.556. The Morgan fingerprint density at radius 2 is 2.00 bits per heavy atom. The summed E-state index contributed by atoms with van der Waals surface area (Å²) in [5.74, 6) is -0.0720. The summed E-state index contributed by atoms with van der Waals surface area (Å²) in [6.07, 6.45) is 0.626. The summed E-state index contributed by atoms with van der Waals surface area (Å²) in [7, 11) is 0. The lowest BCUT2D eigenvalue weighted by Gasteiger charge is -2.42. The number of hydrogen-bond donors (Lipinski definition) is 1. The molecule has 1 aliphatic rings. The zero-order chi connectivity index (χ0) is 18.4. The second-order valence-electron chi connectivity index (χ2n) is 6.51. The van der Waals surface area contributed by atoms with Crippen molar-refractivity contribution in [3.05, 3.63) is 33.8 Å². The molecule has 1 heterocycles. The minimum atomic E-state index is -0.133. The Morgan fingerprint density at radius 1 is 1.28 bits per heavy atom. The van der Waals surface area contributed by atoms with E-state index in [-0.39, 0.29) is 18.4 Å². The lowest BCUT2D eigenvalue weighted by atomic mass is 10.1. The van der Waals surface area contributed by atoms with Crippen LogP contribution in [0, 0.1) is 0 Å². The molecule has 7 heteroatoms. The molecule has 5 nitrogen and oxygen atoms in total. The first-order valence-corrected chi connectivity index (χ1v) is 9.48. The minimum Gasteiger partial charge on any atom is -0.354 e. The normalized spacial score (nSPS) is 16.8. The van der Waals surface area contributed by atoms with Crippen LogP contribution < -0.4 is 5.32 Å². The Hall–Kier alpha value is -1.30. The van der Waals surface area contributed by atoms with Gasteiger partial charge in [0.25, 0.3) is 5.91 Å². The summed E-state index contributed by atoms with van der Waals surface area (Å²) in [4.78, 5) is 26.1. The first kappa shape index (κ1) is 20.0. The fourth-order valence-electron chi connectivity index (χ4n) is 3.14. The van der Waals surface area contributed by atoms with Crippen molar-refractivity contribution < 1.29 is 14.1 Å². The van der Waals surface area contributed by atoms with Gasteiger partial charge in [0.05, 0.1) is 32.7 Å². The number of carbonyl (C=O) groups is 2. The molecule has 1 saturated heterocycles. The molecule has 2 amide bonds. The largest absolute Gasteiger partial charge is 0.354 e. The summed E-state index contributed by atoms with van der Waals surface area (Å²) in [5, 5.41) is 4.05. The van der Waals surface area contributed by atoms with Crippen molar-refractivity contribution in [3.8, 4) is 0 Å². The van der Waals surface area contributed by atoms with Crippen molar-refractivity contribution in [2.24, 2.45) is 0 Å². The number of nitrogens with one attached hydrogen (secondary N) is 1. The van der Waals surface area contributed by atoms with Crippen molar-refractivity contribution in [1.29, 1.82) is 0 Å². The van der Waals surface area contributed by atoms with Crippen molar-refractivity contribution in [3.63, 3.8) is 0 Å². The number of piperazine rings is 1. The highest BCUT2D eigenvalue weighted by molar-refractivity contribution is 6.35. The van der Waals surface area contributed by atoms with Crippen LogP contribution in [0.25, 0.3) is 0 Å². The molecule has 0 aliphatic carbocycles. The Kier molecular flexibility index (Phi) is 7.11. The summed E-state index contributed by atoms with van der Waals surface area (Å²) >= 11 is 12.0. The molecule has 0 saturated carbocycles. The van der Waals surface area contributed by atoms with Gasteiger partial charge < -0.3 is 14.7 Å². The highest BCUT2D eigenvalue weighted by Crippen LogP contribution is 2.21. The van der Waals surface area contributed by atoms with E-state index in [2.05, 4.69) is 19.2 Å². The highest BCUT2D eigenvalue weighted by atomic mass is 35.5.